The van der Waals surface area contributed by atoms with Gasteiger partial charge in [-0.3, -0.25) is 9.88 Å². The van der Waals surface area contributed by atoms with E-state index in [9.17, 15) is 0 Å². The third-order valence-electron chi connectivity index (χ3n) is 4.39. The fraction of sp³-hybridized carbons (Fsp3) is 0.389. The first-order valence-corrected chi connectivity index (χ1v) is 7.70. The summed E-state index contributed by atoms with van der Waals surface area (Å²) in [5.74, 6) is 0. The van der Waals surface area contributed by atoms with Gasteiger partial charge in [-0.05, 0) is 49.1 Å². The van der Waals surface area contributed by atoms with Crippen molar-refractivity contribution in [1.29, 1.82) is 0 Å². The molecule has 1 aromatic carbocycles. The van der Waals surface area contributed by atoms with Crippen molar-refractivity contribution in [2.45, 2.75) is 38.4 Å². The lowest BCUT2D eigenvalue weighted by atomic mass is 9.91. The highest BCUT2D eigenvalue weighted by molar-refractivity contribution is 5.26. The highest BCUT2D eigenvalue weighted by Crippen LogP contribution is 2.32. The largest absolute Gasteiger partial charge is 0.326 e. The summed E-state index contributed by atoms with van der Waals surface area (Å²) in [5.41, 5.74) is 10.9. The van der Waals surface area contributed by atoms with Crippen LogP contribution in [0.3, 0.4) is 0 Å². The van der Waals surface area contributed by atoms with Crippen LogP contribution < -0.4 is 5.73 Å². The first-order valence-electron chi connectivity index (χ1n) is 7.70. The zero-order chi connectivity index (χ0) is 14.7. The molecule has 0 saturated heterocycles. The van der Waals surface area contributed by atoms with E-state index in [1.165, 1.54) is 41.6 Å². The van der Waals surface area contributed by atoms with Crippen molar-refractivity contribution in [2.24, 2.45) is 5.73 Å². The van der Waals surface area contributed by atoms with Gasteiger partial charge in [-0.1, -0.05) is 30.3 Å². The first-order chi connectivity index (χ1) is 10.3. The monoisotopic (exact) mass is 281 g/mol. The van der Waals surface area contributed by atoms with Crippen molar-refractivity contribution < 1.29 is 0 Å². The van der Waals surface area contributed by atoms with Crippen LogP contribution in [0.5, 0.6) is 0 Å². The molecule has 1 aliphatic carbocycles. The second-order valence-corrected chi connectivity index (χ2v) is 5.89. The summed E-state index contributed by atoms with van der Waals surface area (Å²) in [4.78, 5) is 7.05. The number of benzene rings is 1. The molecule has 0 aliphatic heterocycles. The fourth-order valence-corrected chi connectivity index (χ4v) is 3.19. The van der Waals surface area contributed by atoms with E-state index in [0.29, 0.717) is 12.6 Å². The summed E-state index contributed by atoms with van der Waals surface area (Å²) >= 11 is 0. The summed E-state index contributed by atoms with van der Waals surface area (Å²) < 4.78 is 0. The lowest BCUT2D eigenvalue weighted by Crippen LogP contribution is -2.28. The summed E-state index contributed by atoms with van der Waals surface area (Å²) in [6, 6.07) is 13.3. The summed E-state index contributed by atoms with van der Waals surface area (Å²) in [5, 5.41) is 0. The topological polar surface area (TPSA) is 42.1 Å². The van der Waals surface area contributed by atoms with Gasteiger partial charge in [0.05, 0.1) is 11.7 Å². The summed E-state index contributed by atoms with van der Waals surface area (Å²) in [7, 11) is 2.20. The molecule has 2 N–H and O–H groups in total. The van der Waals surface area contributed by atoms with E-state index < -0.39 is 0 Å². The number of aryl methyl sites for hydroxylation is 1. The summed E-state index contributed by atoms with van der Waals surface area (Å²) in [6.07, 6.45) is 5.53. The molecule has 0 saturated carbocycles. The van der Waals surface area contributed by atoms with Crippen molar-refractivity contribution in [3.8, 4) is 0 Å². The maximum absolute atomic E-state index is 5.65. The first kappa shape index (κ1) is 14.2. The predicted octanol–water partition coefficient (Wildman–Crippen LogP) is 3.05. The smallest absolute Gasteiger partial charge is 0.0607 e. The molecule has 3 rings (SSSR count). The van der Waals surface area contributed by atoms with Gasteiger partial charge < -0.3 is 5.73 Å². The minimum Gasteiger partial charge on any atom is -0.326 e. The Morgan fingerprint density at radius 1 is 1.19 bits per heavy atom. The molecule has 0 unspecified atom stereocenters. The molecule has 0 amide bonds. The maximum Gasteiger partial charge on any atom is 0.0607 e. The third-order valence-corrected chi connectivity index (χ3v) is 4.39. The molecule has 3 nitrogen and oxygen atoms in total. The van der Waals surface area contributed by atoms with Crippen LogP contribution >= 0.6 is 0 Å². The van der Waals surface area contributed by atoms with Gasteiger partial charge >= 0.3 is 0 Å². The summed E-state index contributed by atoms with van der Waals surface area (Å²) in [6.45, 7) is 1.56. The van der Waals surface area contributed by atoms with Crippen LogP contribution in [0.15, 0.2) is 42.6 Å². The van der Waals surface area contributed by atoms with Gasteiger partial charge in [0.2, 0.25) is 0 Å². The molecule has 0 spiro atoms. The Balaban J connectivity index is 1.75. The molecule has 1 aliphatic rings. The lowest BCUT2D eigenvalue weighted by Gasteiger charge is -2.32. The highest BCUT2D eigenvalue weighted by atomic mass is 15.1. The average Bonchev–Trinajstić information content (AvgIpc) is 2.55. The standard InChI is InChI=1S/C18H23N3/c1-21(13-15-9-7-14(12-19)8-10-15)17-6-2-4-16-5-3-11-20-18(16)17/h3,5,7-11,17H,2,4,6,12-13,19H2,1H3/t17-/m0/s1. The number of hydrogen-bond acceptors (Lipinski definition) is 3. The number of pyridine rings is 1. The molecule has 0 radical (unpaired) electrons. The maximum atomic E-state index is 5.65. The van der Waals surface area contributed by atoms with E-state index in [4.69, 9.17) is 5.73 Å². The van der Waals surface area contributed by atoms with Crippen LogP contribution in [0.1, 0.15) is 41.3 Å². The molecule has 0 fully saturated rings. The Kier molecular flexibility index (Phi) is 4.32. The van der Waals surface area contributed by atoms with Crippen LogP contribution in [-0.2, 0) is 19.5 Å². The van der Waals surface area contributed by atoms with E-state index >= 15 is 0 Å². The van der Waals surface area contributed by atoms with Gasteiger partial charge in [0, 0.05) is 19.3 Å². The molecule has 3 heteroatoms. The molecule has 1 atom stereocenters. The normalized spacial score (nSPS) is 17.8. The zero-order valence-corrected chi connectivity index (χ0v) is 12.6. The second kappa shape index (κ2) is 6.37. The van der Waals surface area contributed by atoms with Gasteiger partial charge in [-0.2, -0.15) is 0 Å². The third kappa shape index (κ3) is 3.14. The van der Waals surface area contributed by atoms with Crippen molar-refractivity contribution in [1.82, 2.24) is 9.88 Å². The lowest BCUT2D eigenvalue weighted by molar-refractivity contribution is 0.208. The molecular formula is C18H23N3. The predicted molar refractivity (Wildman–Crippen MR) is 85.7 cm³/mol. The van der Waals surface area contributed by atoms with E-state index in [1.54, 1.807) is 0 Å². The molecule has 0 bridgehead atoms. The van der Waals surface area contributed by atoms with Gasteiger partial charge in [-0.25, -0.2) is 0 Å². The number of fused-ring (bicyclic) bond motifs is 1. The molecule has 21 heavy (non-hydrogen) atoms. The molecule has 1 aromatic heterocycles. The van der Waals surface area contributed by atoms with E-state index in [2.05, 4.69) is 47.3 Å². The van der Waals surface area contributed by atoms with Crippen molar-refractivity contribution >= 4 is 0 Å². The van der Waals surface area contributed by atoms with Crippen LogP contribution in [0.4, 0.5) is 0 Å². The minimum atomic E-state index is 0.434. The molecule has 2 aromatic rings. The van der Waals surface area contributed by atoms with E-state index in [-0.39, 0.29) is 0 Å². The quantitative estimate of drug-likeness (QED) is 0.936. The van der Waals surface area contributed by atoms with Crippen LogP contribution in [0, 0.1) is 0 Å². The zero-order valence-electron chi connectivity index (χ0n) is 12.6. The number of nitrogens with two attached hydrogens (primary N) is 1. The fourth-order valence-electron chi connectivity index (χ4n) is 3.19. The van der Waals surface area contributed by atoms with Crippen LogP contribution in [-0.4, -0.2) is 16.9 Å². The van der Waals surface area contributed by atoms with Crippen LogP contribution in [0.25, 0.3) is 0 Å². The number of hydrogen-bond donors (Lipinski definition) is 1. The highest BCUT2D eigenvalue weighted by Gasteiger charge is 2.24. The van der Waals surface area contributed by atoms with Crippen molar-refractivity contribution in [3.05, 3.63) is 65.0 Å². The van der Waals surface area contributed by atoms with Gasteiger partial charge in [0.15, 0.2) is 0 Å². The Labute approximate surface area is 126 Å². The van der Waals surface area contributed by atoms with Crippen LogP contribution in [0.2, 0.25) is 0 Å². The number of aromatic nitrogens is 1. The SMILES string of the molecule is CN(Cc1ccc(CN)cc1)[C@H]1CCCc2cccnc21. The Bertz CT molecular complexity index is 592. The van der Waals surface area contributed by atoms with E-state index in [1.807, 2.05) is 12.3 Å². The van der Waals surface area contributed by atoms with Gasteiger partial charge in [0.1, 0.15) is 0 Å². The van der Waals surface area contributed by atoms with E-state index in [0.717, 1.165) is 6.54 Å². The second-order valence-electron chi connectivity index (χ2n) is 5.89. The van der Waals surface area contributed by atoms with Gasteiger partial charge in [0.25, 0.3) is 0 Å². The molecule has 1 heterocycles. The Morgan fingerprint density at radius 3 is 2.71 bits per heavy atom. The Hall–Kier alpha value is -1.71. The molecular weight excluding hydrogens is 258 g/mol. The Morgan fingerprint density at radius 2 is 1.95 bits per heavy atom. The number of rotatable bonds is 4. The molecule has 110 valence electrons. The number of nitrogens with zero attached hydrogens (tertiary/aromatic N) is 2. The van der Waals surface area contributed by atoms with Crippen molar-refractivity contribution in [3.63, 3.8) is 0 Å². The van der Waals surface area contributed by atoms with Crippen molar-refractivity contribution in [2.75, 3.05) is 7.05 Å². The minimum absolute atomic E-state index is 0.434. The average molecular weight is 281 g/mol. The van der Waals surface area contributed by atoms with Gasteiger partial charge in [-0.15, -0.1) is 0 Å².